The second kappa shape index (κ2) is 7.27. The zero-order valence-corrected chi connectivity index (χ0v) is 11.9. The van der Waals surface area contributed by atoms with Crippen molar-refractivity contribution in [3.05, 3.63) is 58.7 Å². The fourth-order valence-electron chi connectivity index (χ4n) is 1.68. The average molecular weight is 301 g/mol. The molecule has 0 bridgehead atoms. The monoisotopic (exact) mass is 300 g/mol. The van der Waals surface area contributed by atoms with Gasteiger partial charge in [-0.25, -0.2) is 4.98 Å². The van der Waals surface area contributed by atoms with Crippen LogP contribution in [0.4, 0.5) is 5.82 Å². The summed E-state index contributed by atoms with van der Waals surface area (Å²) in [6, 6.07) is 14.6. The van der Waals surface area contributed by atoms with Gasteiger partial charge in [-0.15, -0.1) is 0 Å². The average Bonchev–Trinajstić information content (AvgIpc) is 2.51. The van der Waals surface area contributed by atoms with Crippen molar-refractivity contribution in [3.63, 3.8) is 0 Å². The number of rotatable bonds is 5. The molecular weight excluding hydrogens is 288 g/mol. The Kier molecular flexibility index (Phi) is 5.13. The minimum atomic E-state index is -0.167. The summed E-state index contributed by atoms with van der Waals surface area (Å²) < 4.78 is 0. The zero-order chi connectivity index (χ0) is 15.1. The second-order valence-electron chi connectivity index (χ2n) is 4.29. The molecule has 0 atom stereocenters. The Balaban J connectivity index is 1.84. The first-order valence-electron chi connectivity index (χ1n) is 6.29. The third-order valence-electron chi connectivity index (χ3n) is 2.69. The van der Waals surface area contributed by atoms with Crippen molar-refractivity contribution in [3.8, 4) is 6.07 Å². The summed E-state index contributed by atoms with van der Waals surface area (Å²) in [5.74, 6) is 0.230. The number of hydrogen-bond donors (Lipinski definition) is 2. The number of halogens is 1. The quantitative estimate of drug-likeness (QED) is 0.831. The first kappa shape index (κ1) is 14.8. The highest BCUT2D eigenvalue weighted by atomic mass is 35.5. The van der Waals surface area contributed by atoms with Gasteiger partial charge in [-0.2, -0.15) is 5.26 Å². The van der Waals surface area contributed by atoms with Crippen molar-refractivity contribution in [2.45, 2.75) is 6.54 Å². The van der Waals surface area contributed by atoms with Crippen LogP contribution in [0.15, 0.2) is 42.5 Å². The molecule has 0 radical (unpaired) electrons. The lowest BCUT2D eigenvalue weighted by atomic mass is 10.2. The molecule has 6 heteroatoms. The highest BCUT2D eigenvalue weighted by Gasteiger charge is 2.04. The van der Waals surface area contributed by atoms with Gasteiger partial charge in [-0.05, 0) is 17.7 Å². The summed E-state index contributed by atoms with van der Waals surface area (Å²) in [5, 5.41) is 14.7. The second-order valence-corrected chi connectivity index (χ2v) is 4.68. The van der Waals surface area contributed by atoms with E-state index in [0.717, 1.165) is 5.56 Å². The van der Waals surface area contributed by atoms with Gasteiger partial charge in [-0.1, -0.05) is 41.9 Å². The number of anilines is 1. The molecule has 21 heavy (non-hydrogen) atoms. The maximum Gasteiger partial charge on any atom is 0.239 e. The largest absolute Gasteiger partial charge is 0.361 e. The van der Waals surface area contributed by atoms with Gasteiger partial charge in [0.05, 0.1) is 18.2 Å². The molecule has 0 aliphatic rings. The minimum Gasteiger partial charge on any atom is -0.361 e. The van der Waals surface area contributed by atoms with Crippen LogP contribution in [0.3, 0.4) is 0 Å². The molecule has 1 heterocycles. The summed E-state index contributed by atoms with van der Waals surface area (Å²) in [5.41, 5.74) is 1.42. The third kappa shape index (κ3) is 4.79. The number of amides is 1. The van der Waals surface area contributed by atoms with E-state index < -0.39 is 0 Å². The Morgan fingerprint density at radius 2 is 2.05 bits per heavy atom. The number of benzene rings is 1. The maximum atomic E-state index is 11.7. The lowest BCUT2D eigenvalue weighted by molar-refractivity contribution is -0.119. The van der Waals surface area contributed by atoms with Crippen molar-refractivity contribution in [2.75, 3.05) is 11.9 Å². The molecule has 2 rings (SSSR count). The van der Waals surface area contributed by atoms with Crippen LogP contribution in [0.2, 0.25) is 5.15 Å². The van der Waals surface area contributed by atoms with Crippen LogP contribution in [-0.4, -0.2) is 17.4 Å². The number of carbonyl (C=O) groups excluding carboxylic acids is 1. The molecule has 0 saturated carbocycles. The first-order valence-corrected chi connectivity index (χ1v) is 6.67. The predicted octanol–water partition coefficient (Wildman–Crippen LogP) is 2.33. The van der Waals surface area contributed by atoms with Gasteiger partial charge in [0.2, 0.25) is 5.91 Å². The van der Waals surface area contributed by atoms with Gasteiger partial charge < -0.3 is 10.6 Å². The summed E-state index contributed by atoms with van der Waals surface area (Å²) in [4.78, 5) is 15.7. The van der Waals surface area contributed by atoms with Crippen LogP contribution >= 0.6 is 11.6 Å². The van der Waals surface area contributed by atoms with E-state index in [1.165, 1.54) is 12.1 Å². The molecule has 0 spiro atoms. The summed E-state index contributed by atoms with van der Waals surface area (Å²) in [7, 11) is 0. The van der Waals surface area contributed by atoms with E-state index >= 15 is 0 Å². The number of pyridine rings is 1. The van der Waals surface area contributed by atoms with Gasteiger partial charge in [0.1, 0.15) is 11.0 Å². The Bertz CT molecular complexity index is 667. The highest BCUT2D eigenvalue weighted by molar-refractivity contribution is 6.29. The summed E-state index contributed by atoms with van der Waals surface area (Å²) in [6.07, 6.45) is 0. The molecule has 1 amide bonds. The first-order chi connectivity index (χ1) is 10.2. The summed E-state index contributed by atoms with van der Waals surface area (Å²) in [6.45, 7) is 0.527. The topological polar surface area (TPSA) is 77.8 Å². The number of nitriles is 1. The van der Waals surface area contributed by atoms with E-state index in [1.54, 1.807) is 0 Å². The van der Waals surface area contributed by atoms with E-state index in [-0.39, 0.29) is 17.6 Å². The zero-order valence-electron chi connectivity index (χ0n) is 11.1. The van der Waals surface area contributed by atoms with Crippen LogP contribution < -0.4 is 10.6 Å². The highest BCUT2D eigenvalue weighted by Crippen LogP contribution is 2.13. The lowest BCUT2D eigenvalue weighted by Crippen LogP contribution is -2.29. The molecule has 0 saturated heterocycles. The van der Waals surface area contributed by atoms with E-state index in [9.17, 15) is 4.79 Å². The minimum absolute atomic E-state index is 0.0606. The standard InChI is InChI=1S/C15H13ClN4O/c16-13-6-12(8-17)7-14(20-13)18-10-15(21)19-9-11-4-2-1-3-5-11/h1-7H,9-10H2,(H,18,20)(H,19,21). The number of nitrogens with zero attached hydrogens (tertiary/aromatic N) is 2. The fraction of sp³-hybridized carbons (Fsp3) is 0.133. The number of carbonyl (C=O) groups is 1. The number of nitrogens with one attached hydrogen (secondary N) is 2. The molecular formula is C15H13ClN4O. The normalized spacial score (nSPS) is 9.71. The van der Waals surface area contributed by atoms with Crippen LogP contribution in [-0.2, 0) is 11.3 Å². The molecule has 0 fully saturated rings. The molecule has 1 aromatic carbocycles. The van der Waals surface area contributed by atoms with Crippen molar-refractivity contribution in [1.29, 1.82) is 5.26 Å². The van der Waals surface area contributed by atoms with E-state index in [2.05, 4.69) is 15.6 Å². The lowest BCUT2D eigenvalue weighted by Gasteiger charge is -2.08. The van der Waals surface area contributed by atoms with E-state index in [4.69, 9.17) is 16.9 Å². The molecule has 0 aliphatic heterocycles. The van der Waals surface area contributed by atoms with Crippen molar-refractivity contribution in [2.24, 2.45) is 0 Å². The Hall–Kier alpha value is -2.58. The third-order valence-corrected chi connectivity index (χ3v) is 2.88. The van der Waals surface area contributed by atoms with Gasteiger partial charge >= 0.3 is 0 Å². The Morgan fingerprint density at radius 1 is 1.29 bits per heavy atom. The molecule has 2 aromatic rings. The van der Waals surface area contributed by atoms with Crippen LogP contribution in [0.5, 0.6) is 0 Å². The van der Waals surface area contributed by atoms with Gasteiger partial charge in [0.25, 0.3) is 0 Å². The molecule has 1 aromatic heterocycles. The van der Waals surface area contributed by atoms with E-state index in [1.807, 2.05) is 36.4 Å². The van der Waals surface area contributed by atoms with Gasteiger partial charge in [0.15, 0.2) is 0 Å². The predicted molar refractivity (Wildman–Crippen MR) is 80.7 cm³/mol. The smallest absolute Gasteiger partial charge is 0.239 e. The molecule has 0 aliphatic carbocycles. The number of aromatic nitrogens is 1. The SMILES string of the molecule is N#Cc1cc(Cl)nc(NCC(=O)NCc2ccccc2)c1. The molecule has 2 N–H and O–H groups in total. The van der Waals surface area contributed by atoms with Gasteiger partial charge in [0, 0.05) is 6.54 Å². The van der Waals surface area contributed by atoms with Crippen LogP contribution in [0.25, 0.3) is 0 Å². The fourth-order valence-corrected chi connectivity index (χ4v) is 1.89. The maximum absolute atomic E-state index is 11.7. The summed E-state index contributed by atoms with van der Waals surface area (Å²) >= 11 is 5.78. The van der Waals surface area contributed by atoms with Crippen molar-refractivity contribution >= 4 is 23.3 Å². The number of hydrogen-bond acceptors (Lipinski definition) is 4. The Morgan fingerprint density at radius 3 is 2.76 bits per heavy atom. The Labute approximate surface area is 127 Å². The molecule has 5 nitrogen and oxygen atoms in total. The van der Waals surface area contributed by atoms with Gasteiger partial charge in [-0.3, -0.25) is 4.79 Å². The molecule has 0 unspecified atom stereocenters. The molecule has 106 valence electrons. The van der Waals surface area contributed by atoms with Crippen LogP contribution in [0.1, 0.15) is 11.1 Å². The van der Waals surface area contributed by atoms with Crippen LogP contribution in [0, 0.1) is 11.3 Å². The van der Waals surface area contributed by atoms with Crippen molar-refractivity contribution < 1.29 is 4.79 Å². The van der Waals surface area contributed by atoms with Crippen molar-refractivity contribution in [1.82, 2.24) is 10.3 Å². The van der Waals surface area contributed by atoms with E-state index in [0.29, 0.717) is 17.9 Å².